The molecule has 0 aromatic carbocycles. The lowest BCUT2D eigenvalue weighted by Crippen LogP contribution is -2.29. The molecule has 0 unspecified atom stereocenters. The summed E-state index contributed by atoms with van der Waals surface area (Å²) < 4.78 is 0. The van der Waals surface area contributed by atoms with Gasteiger partial charge in [-0.05, 0) is 44.2 Å². The molecule has 0 atom stereocenters. The number of hydrogen-bond acceptors (Lipinski definition) is 1. The smallest absolute Gasteiger partial charge is 0.00354 e. The van der Waals surface area contributed by atoms with Crippen LogP contribution >= 0.6 is 0 Å². The average molecular weight is 227 g/mol. The van der Waals surface area contributed by atoms with Crippen LogP contribution in [0.4, 0.5) is 0 Å². The van der Waals surface area contributed by atoms with Gasteiger partial charge in [-0.2, -0.15) is 0 Å². The minimum atomic E-state index is 0.751. The van der Waals surface area contributed by atoms with E-state index in [1.165, 1.54) is 45.2 Å². The van der Waals surface area contributed by atoms with Crippen molar-refractivity contribution in [3.8, 4) is 0 Å². The normalized spacial score (nSPS) is 33.8. The second-order valence-corrected chi connectivity index (χ2v) is 5.17. The Morgan fingerprint density at radius 1 is 0.938 bits per heavy atom. The maximum absolute atomic E-state index is 2.51. The van der Waals surface area contributed by atoms with E-state index >= 15 is 0 Å². The quantitative estimate of drug-likeness (QED) is 0.586. The SMILES string of the molecule is CC.CC.CC1CCC2(CC1)CCN(C)C2. The Hall–Kier alpha value is -0.0400. The van der Waals surface area contributed by atoms with Gasteiger partial charge in [-0.25, -0.2) is 0 Å². The average Bonchev–Trinajstić information content (AvgIpc) is 2.71. The predicted molar refractivity (Wildman–Crippen MR) is 74.9 cm³/mol. The van der Waals surface area contributed by atoms with Crippen LogP contribution in [-0.2, 0) is 0 Å². The van der Waals surface area contributed by atoms with E-state index in [1.54, 1.807) is 0 Å². The van der Waals surface area contributed by atoms with E-state index in [4.69, 9.17) is 0 Å². The lowest BCUT2D eigenvalue weighted by Gasteiger charge is -2.35. The monoisotopic (exact) mass is 227 g/mol. The molecule has 1 aliphatic carbocycles. The molecule has 98 valence electrons. The number of likely N-dealkylation sites (tertiary alicyclic amines) is 1. The summed E-state index contributed by atoms with van der Waals surface area (Å²) in [5.74, 6) is 1.00. The zero-order chi connectivity index (χ0) is 12.6. The van der Waals surface area contributed by atoms with Crippen LogP contribution in [-0.4, -0.2) is 25.0 Å². The Kier molecular flexibility index (Phi) is 8.09. The van der Waals surface area contributed by atoms with Crippen molar-refractivity contribution in [1.29, 1.82) is 0 Å². The first kappa shape index (κ1) is 16.0. The Balaban J connectivity index is 0.000000509. The van der Waals surface area contributed by atoms with E-state index in [9.17, 15) is 0 Å². The van der Waals surface area contributed by atoms with Crippen molar-refractivity contribution in [3.05, 3.63) is 0 Å². The highest BCUT2D eigenvalue weighted by molar-refractivity contribution is 4.91. The fourth-order valence-corrected chi connectivity index (χ4v) is 2.94. The van der Waals surface area contributed by atoms with Crippen LogP contribution < -0.4 is 0 Å². The van der Waals surface area contributed by atoms with Gasteiger partial charge >= 0.3 is 0 Å². The van der Waals surface area contributed by atoms with Gasteiger partial charge in [0.1, 0.15) is 0 Å². The summed E-state index contributed by atoms with van der Waals surface area (Å²) >= 11 is 0. The van der Waals surface area contributed by atoms with Crippen molar-refractivity contribution in [1.82, 2.24) is 4.90 Å². The summed E-state index contributed by atoms with van der Waals surface area (Å²) in [6, 6.07) is 0. The van der Waals surface area contributed by atoms with Crippen LogP contribution in [0.15, 0.2) is 0 Å². The lowest BCUT2D eigenvalue weighted by molar-refractivity contribution is 0.163. The molecular formula is C15H33N. The second kappa shape index (κ2) is 8.11. The Bertz CT molecular complexity index is 157. The van der Waals surface area contributed by atoms with Gasteiger partial charge in [-0.1, -0.05) is 47.5 Å². The molecule has 1 nitrogen and oxygen atoms in total. The number of rotatable bonds is 0. The van der Waals surface area contributed by atoms with Gasteiger partial charge in [0.05, 0.1) is 0 Å². The molecule has 0 bridgehead atoms. The van der Waals surface area contributed by atoms with Gasteiger partial charge in [0.15, 0.2) is 0 Å². The minimum absolute atomic E-state index is 0.751. The fourth-order valence-electron chi connectivity index (χ4n) is 2.94. The molecule has 1 saturated carbocycles. The van der Waals surface area contributed by atoms with Crippen molar-refractivity contribution in [2.24, 2.45) is 11.3 Å². The molecule has 16 heavy (non-hydrogen) atoms. The largest absolute Gasteiger partial charge is 0.306 e. The van der Waals surface area contributed by atoms with E-state index in [0.717, 1.165) is 11.3 Å². The standard InChI is InChI=1S/C11H21N.2C2H6/c1-10-3-5-11(6-4-10)7-8-12(2)9-11;2*1-2/h10H,3-9H2,1-2H3;2*1-2H3. The molecule has 1 spiro atoms. The van der Waals surface area contributed by atoms with E-state index in [-0.39, 0.29) is 0 Å². The van der Waals surface area contributed by atoms with Gasteiger partial charge in [-0.3, -0.25) is 0 Å². The highest BCUT2D eigenvalue weighted by Crippen LogP contribution is 2.44. The van der Waals surface area contributed by atoms with Gasteiger partial charge in [0.2, 0.25) is 0 Å². The summed E-state index contributed by atoms with van der Waals surface area (Å²) in [4.78, 5) is 2.51. The molecule has 0 aromatic rings. The maximum atomic E-state index is 2.51. The van der Waals surface area contributed by atoms with E-state index < -0.39 is 0 Å². The summed E-state index contributed by atoms with van der Waals surface area (Å²) in [5, 5.41) is 0. The highest BCUT2D eigenvalue weighted by atomic mass is 15.1. The van der Waals surface area contributed by atoms with Crippen LogP contribution in [0.5, 0.6) is 0 Å². The Morgan fingerprint density at radius 2 is 1.44 bits per heavy atom. The van der Waals surface area contributed by atoms with Gasteiger partial charge in [0, 0.05) is 6.54 Å². The Morgan fingerprint density at radius 3 is 1.81 bits per heavy atom. The molecule has 2 rings (SSSR count). The summed E-state index contributed by atoms with van der Waals surface area (Å²) in [5.41, 5.74) is 0.751. The van der Waals surface area contributed by atoms with Crippen LogP contribution in [0.2, 0.25) is 0 Å². The van der Waals surface area contributed by atoms with Gasteiger partial charge in [0.25, 0.3) is 0 Å². The van der Waals surface area contributed by atoms with Gasteiger partial charge < -0.3 is 4.90 Å². The summed E-state index contributed by atoms with van der Waals surface area (Å²) in [6.07, 6.45) is 7.43. The van der Waals surface area contributed by atoms with Crippen LogP contribution in [0, 0.1) is 11.3 Å². The molecule has 1 saturated heterocycles. The van der Waals surface area contributed by atoms with Crippen molar-refractivity contribution in [3.63, 3.8) is 0 Å². The summed E-state index contributed by atoms with van der Waals surface area (Å²) in [7, 11) is 2.27. The molecule has 0 aromatic heterocycles. The third-order valence-electron chi connectivity index (χ3n) is 3.96. The fraction of sp³-hybridized carbons (Fsp3) is 1.00. The van der Waals surface area contributed by atoms with Crippen molar-refractivity contribution < 1.29 is 0 Å². The highest BCUT2D eigenvalue weighted by Gasteiger charge is 2.38. The lowest BCUT2D eigenvalue weighted by atomic mass is 9.70. The van der Waals surface area contributed by atoms with Crippen LogP contribution in [0.1, 0.15) is 66.7 Å². The van der Waals surface area contributed by atoms with Crippen molar-refractivity contribution in [2.45, 2.75) is 66.7 Å². The third kappa shape index (κ3) is 4.45. The topological polar surface area (TPSA) is 3.24 Å². The van der Waals surface area contributed by atoms with E-state index in [0.29, 0.717) is 0 Å². The first-order chi connectivity index (χ1) is 7.70. The number of hydrogen-bond donors (Lipinski definition) is 0. The second-order valence-electron chi connectivity index (χ2n) is 5.17. The van der Waals surface area contributed by atoms with Crippen molar-refractivity contribution >= 4 is 0 Å². The minimum Gasteiger partial charge on any atom is -0.306 e. The van der Waals surface area contributed by atoms with Crippen LogP contribution in [0.25, 0.3) is 0 Å². The zero-order valence-corrected chi connectivity index (χ0v) is 12.5. The summed E-state index contributed by atoms with van der Waals surface area (Å²) in [6.45, 7) is 13.1. The Labute approximate surface area is 104 Å². The van der Waals surface area contributed by atoms with E-state index in [2.05, 4.69) is 18.9 Å². The molecular weight excluding hydrogens is 194 g/mol. The zero-order valence-electron chi connectivity index (χ0n) is 12.5. The molecule has 2 aliphatic rings. The van der Waals surface area contributed by atoms with Gasteiger partial charge in [-0.15, -0.1) is 0 Å². The number of nitrogens with zero attached hydrogens (tertiary/aromatic N) is 1. The predicted octanol–water partition coefficient (Wildman–Crippen LogP) is 4.57. The van der Waals surface area contributed by atoms with Crippen LogP contribution in [0.3, 0.4) is 0 Å². The first-order valence-corrected chi connectivity index (χ1v) is 7.39. The molecule has 2 fully saturated rings. The molecule has 0 radical (unpaired) electrons. The third-order valence-corrected chi connectivity index (χ3v) is 3.96. The molecule has 0 amide bonds. The molecule has 0 N–H and O–H groups in total. The molecule has 1 heteroatoms. The van der Waals surface area contributed by atoms with E-state index in [1.807, 2.05) is 27.7 Å². The molecule has 1 aliphatic heterocycles. The molecule has 1 heterocycles. The first-order valence-electron chi connectivity index (χ1n) is 7.39. The van der Waals surface area contributed by atoms with Crippen molar-refractivity contribution in [2.75, 3.05) is 20.1 Å². The maximum Gasteiger partial charge on any atom is 0.00354 e.